The second kappa shape index (κ2) is 5.88. The van der Waals surface area contributed by atoms with Crippen molar-refractivity contribution in [2.24, 2.45) is 5.92 Å². The molecule has 1 saturated carbocycles. The summed E-state index contributed by atoms with van der Waals surface area (Å²) in [5.41, 5.74) is 1.66. The molecule has 2 aromatic heterocycles. The van der Waals surface area contributed by atoms with E-state index in [1.165, 1.54) is 12.8 Å². The third kappa shape index (κ3) is 3.35. The molecule has 3 rings (SSSR count). The summed E-state index contributed by atoms with van der Waals surface area (Å²) in [5.74, 6) is 0.623. The molecule has 0 spiro atoms. The highest BCUT2D eigenvalue weighted by molar-refractivity contribution is 9.10. The lowest BCUT2D eigenvalue weighted by atomic mass is 10.3. The maximum Gasteiger partial charge on any atom is 0.283 e. The average Bonchev–Trinajstić information content (AvgIpc) is 3.17. The molecular weight excluding hydrogens is 352 g/mol. The third-order valence-electron chi connectivity index (χ3n) is 3.49. The van der Waals surface area contributed by atoms with E-state index in [2.05, 4.69) is 31.3 Å². The molecule has 0 bridgehead atoms. The third-order valence-corrected chi connectivity index (χ3v) is 5.40. The lowest BCUT2D eigenvalue weighted by molar-refractivity contribution is 0.531. The first kappa shape index (κ1) is 14.7. The zero-order chi connectivity index (χ0) is 15.0. The van der Waals surface area contributed by atoms with Crippen LogP contribution in [-0.4, -0.2) is 14.8 Å². The molecule has 21 heavy (non-hydrogen) atoms. The van der Waals surface area contributed by atoms with Crippen LogP contribution >= 0.6 is 27.3 Å². The standard InChI is InChI=1S/C14H17BrN4OS/c1-8-7-21-13(17-8)9(2)18-11-5-16-19(6-10-3-4-10)14(20)12(11)15/h5,7,9-10,18H,3-4,6H2,1-2H3. The minimum atomic E-state index is -0.0746. The quantitative estimate of drug-likeness (QED) is 0.878. The minimum absolute atomic E-state index is 0.0421. The van der Waals surface area contributed by atoms with E-state index >= 15 is 0 Å². The predicted molar refractivity (Wildman–Crippen MR) is 87.8 cm³/mol. The van der Waals surface area contributed by atoms with Gasteiger partial charge in [-0.15, -0.1) is 11.3 Å². The number of anilines is 1. The van der Waals surface area contributed by atoms with E-state index in [4.69, 9.17) is 0 Å². The zero-order valence-corrected chi connectivity index (χ0v) is 14.4. The highest BCUT2D eigenvalue weighted by Crippen LogP contribution is 2.30. The van der Waals surface area contributed by atoms with Crippen molar-refractivity contribution in [1.29, 1.82) is 0 Å². The van der Waals surface area contributed by atoms with Gasteiger partial charge >= 0.3 is 0 Å². The van der Waals surface area contributed by atoms with Crippen molar-refractivity contribution >= 4 is 33.0 Å². The highest BCUT2D eigenvalue weighted by Gasteiger charge is 2.23. The molecule has 112 valence electrons. The molecule has 2 aromatic rings. The van der Waals surface area contributed by atoms with Crippen LogP contribution in [-0.2, 0) is 6.54 Å². The molecule has 1 fully saturated rings. The molecule has 1 unspecified atom stereocenters. The molecule has 1 atom stereocenters. The summed E-state index contributed by atoms with van der Waals surface area (Å²) in [6, 6.07) is 0.0421. The number of aryl methyl sites for hydroxylation is 1. The number of hydrogen-bond acceptors (Lipinski definition) is 5. The van der Waals surface area contributed by atoms with Crippen molar-refractivity contribution in [3.05, 3.63) is 37.1 Å². The molecule has 2 heterocycles. The summed E-state index contributed by atoms with van der Waals surface area (Å²) in [7, 11) is 0. The van der Waals surface area contributed by atoms with Crippen LogP contribution in [0.2, 0.25) is 0 Å². The van der Waals surface area contributed by atoms with E-state index in [9.17, 15) is 4.79 Å². The first-order valence-electron chi connectivity index (χ1n) is 6.98. The van der Waals surface area contributed by atoms with Crippen molar-refractivity contribution < 1.29 is 0 Å². The molecule has 0 saturated heterocycles. The van der Waals surface area contributed by atoms with Crippen LogP contribution in [0.1, 0.15) is 36.5 Å². The topological polar surface area (TPSA) is 59.8 Å². The van der Waals surface area contributed by atoms with E-state index in [1.54, 1.807) is 22.2 Å². The number of aromatic nitrogens is 3. The fourth-order valence-corrected chi connectivity index (χ4v) is 3.33. The maximum atomic E-state index is 12.3. The van der Waals surface area contributed by atoms with E-state index in [1.807, 2.05) is 19.2 Å². The number of thiazole rings is 1. The first-order valence-corrected chi connectivity index (χ1v) is 8.66. The summed E-state index contributed by atoms with van der Waals surface area (Å²) in [5, 5.41) is 10.6. The van der Waals surface area contributed by atoms with Crippen LogP contribution in [0.15, 0.2) is 20.8 Å². The van der Waals surface area contributed by atoms with Gasteiger partial charge in [-0.1, -0.05) is 0 Å². The molecule has 7 heteroatoms. The summed E-state index contributed by atoms with van der Waals surface area (Å²) in [4.78, 5) is 16.7. The number of halogens is 1. The molecule has 0 radical (unpaired) electrons. The Morgan fingerprint density at radius 1 is 1.57 bits per heavy atom. The summed E-state index contributed by atoms with van der Waals surface area (Å²) >= 11 is 5.01. The maximum absolute atomic E-state index is 12.3. The molecular formula is C14H17BrN4OS. The van der Waals surface area contributed by atoms with Gasteiger partial charge in [0.05, 0.1) is 17.9 Å². The number of nitrogens with one attached hydrogen (secondary N) is 1. The molecule has 0 amide bonds. The van der Waals surface area contributed by atoms with Crippen LogP contribution in [0, 0.1) is 12.8 Å². The Bertz CT molecular complexity index is 707. The van der Waals surface area contributed by atoms with Crippen LogP contribution in [0.3, 0.4) is 0 Å². The normalized spacial score (nSPS) is 16.0. The minimum Gasteiger partial charge on any atom is -0.374 e. The van der Waals surface area contributed by atoms with Gasteiger partial charge in [0.15, 0.2) is 0 Å². The van der Waals surface area contributed by atoms with Crippen LogP contribution in [0.25, 0.3) is 0 Å². The molecule has 1 aliphatic carbocycles. The van der Waals surface area contributed by atoms with Gasteiger partial charge in [-0.2, -0.15) is 5.10 Å². The Morgan fingerprint density at radius 2 is 2.33 bits per heavy atom. The Morgan fingerprint density at radius 3 is 2.95 bits per heavy atom. The van der Waals surface area contributed by atoms with Gasteiger partial charge in [0, 0.05) is 17.6 Å². The van der Waals surface area contributed by atoms with Gasteiger partial charge in [-0.3, -0.25) is 4.79 Å². The van der Waals surface area contributed by atoms with Gasteiger partial charge in [-0.05, 0) is 48.5 Å². The Hall–Kier alpha value is -1.21. The van der Waals surface area contributed by atoms with Crippen LogP contribution in [0.4, 0.5) is 5.69 Å². The summed E-state index contributed by atoms with van der Waals surface area (Å²) in [6.07, 6.45) is 4.11. The van der Waals surface area contributed by atoms with Gasteiger partial charge in [0.1, 0.15) is 9.48 Å². The van der Waals surface area contributed by atoms with E-state index in [-0.39, 0.29) is 11.6 Å². The van der Waals surface area contributed by atoms with Crippen molar-refractivity contribution in [3.8, 4) is 0 Å². The summed E-state index contributed by atoms with van der Waals surface area (Å²) < 4.78 is 2.09. The Labute approximate surface area is 135 Å². The van der Waals surface area contributed by atoms with Gasteiger partial charge in [-0.25, -0.2) is 9.67 Å². The zero-order valence-electron chi connectivity index (χ0n) is 12.0. The van der Waals surface area contributed by atoms with Gasteiger partial charge in [0.25, 0.3) is 5.56 Å². The van der Waals surface area contributed by atoms with E-state index in [0.29, 0.717) is 16.1 Å². The highest BCUT2D eigenvalue weighted by atomic mass is 79.9. The van der Waals surface area contributed by atoms with E-state index < -0.39 is 0 Å². The Kier molecular flexibility index (Phi) is 4.12. The monoisotopic (exact) mass is 368 g/mol. The molecule has 0 aliphatic heterocycles. The summed E-state index contributed by atoms with van der Waals surface area (Å²) in [6.45, 7) is 4.72. The smallest absolute Gasteiger partial charge is 0.283 e. The molecule has 1 aliphatic rings. The number of hydrogen-bond donors (Lipinski definition) is 1. The number of nitrogens with zero attached hydrogens (tertiary/aromatic N) is 3. The molecule has 5 nitrogen and oxygen atoms in total. The lowest BCUT2D eigenvalue weighted by Crippen LogP contribution is -2.25. The average molecular weight is 369 g/mol. The molecule has 0 aromatic carbocycles. The largest absolute Gasteiger partial charge is 0.374 e. The van der Waals surface area contributed by atoms with Crippen molar-refractivity contribution in [2.45, 2.75) is 39.3 Å². The second-order valence-electron chi connectivity index (χ2n) is 5.50. The SMILES string of the molecule is Cc1csc(C(C)Nc2cnn(CC3CC3)c(=O)c2Br)n1. The van der Waals surface area contributed by atoms with Crippen molar-refractivity contribution in [1.82, 2.24) is 14.8 Å². The second-order valence-corrected chi connectivity index (χ2v) is 7.18. The fourth-order valence-electron chi connectivity index (χ4n) is 2.11. The van der Waals surface area contributed by atoms with Gasteiger partial charge in [0.2, 0.25) is 0 Å². The Balaban J connectivity index is 1.79. The fraction of sp³-hybridized carbons (Fsp3) is 0.500. The van der Waals surface area contributed by atoms with Crippen LogP contribution < -0.4 is 10.9 Å². The predicted octanol–water partition coefficient (Wildman–Crippen LogP) is 3.35. The molecule has 1 N–H and O–H groups in total. The van der Waals surface area contributed by atoms with Gasteiger partial charge < -0.3 is 5.32 Å². The van der Waals surface area contributed by atoms with Crippen LogP contribution in [0.5, 0.6) is 0 Å². The van der Waals surface area contributed by atoms with Crippen molar-refractivity contribution in [2.75, 3.05) is 5.32 Å². The number of rotatable bonds is 5. The van der Waals surface area contributed by atoms with Crippen molar-refractivity contribution in [3.63, 3.8) is 0 Å². The lowest BCUT2D eigenvalue weighted by Gasteiger charge is -2.14. The first-order chi connectivity index (χ1) is 10.0. The van der Waals surface area contributed by atoms with E-state index in [0.717, 1.165) is 17.2 Å².